The molecule has 0 saturated heterocycles. The lowest BCUT2D eigenvalue weighted by molar-refractivity contribution is -0.143. The largest absolute Gasteiger partial charge is 0.492 e. The van der Waals surface area contributed by atoms with E-state index in [0.717, 1.165) is 55.5 Å². The molecule has 33 heavy (non-hydrogen) atoms. The first-order valence-electron chi connectivity index (χ1n) is 11.4. The summed E-state index contributed by atoms with van der Waals surface area (Å²) in [6.07, 6.45) is 3.00. The van der Waals surface area contributed by atoms with E-state index >= 15 is 0 Å². The van der Waals surface area contributed by atoms with Gasteiger partial charge >= 0.3 is 11.9 Å². The van der Waals surface area contributed by atoms with E-state index in [-0.39, 0.29) is 11.9 Å². The van der Waals surface area contributed by atoms with Crippen molar-refractivity contribution in [3.63, 3.8) is 0 Å². The molecule has 0 saturated carbocycles. The van der Waals surface area contributed by atoms with Crippen molar-refractivity contribution >= 4 is 27.9 Å². The smallest absolute Gasteiger partial charge is 0.337 e. The van der Waals surface area contributed by atoms with Gasteiger partial charge in [-0.2, -0.15) is 0 Å². The summed E-state index contributed by atoms with van der Waals surface area (Å²) in [6.45, 7) is 5.34. The van der Waals surface area contributed by atoms with E-state index in [2.05, 4.69) is 26.9 Å². The van der Waals surface area contributed by atoms with E-state index in [0.29, 0.717) is 25.2 Å². The predicted molar refractivity (Wildman–Crippen MR) is 133 cm³/mol. The number of hydrogen-bond acceptors (Lipinski definition) is 6. The van der Waals surface area contributed by atoms with Crippen LogP contribution in [0.1, 0.15) is 47.7 Å². The molecule has 0 unspecified atom stereocenters. The zero-order valence-corrected chi connectivity index (χ0v) is 21.1. The number of carbonyl (C=O) groups excluding carboxylic acids is 2. The van der Waals surface area contributed by atoms with E-state index in [4.69, 9.17) is 14.2 Å². The van der Waals surface area contributed by atoms with Crippen LogP contribution in [-0.2, 0) is 27.2 Å². The third kappa shape index (κ3) is 9.96. The first kappa shape index (κ1) is 26.9. The minimum atomic E-state index is -0.336. The van der Waals surface area contributed by atoms with Gasteiger partial charge in [-0.1, -0.05) is 46.3 Å². The van der Waals surface area contributed by atoms with Crippen LogP contribution in [0.15, 0.2) is 48.5 Å². The van der Waals surface area contributed by atoms with Gasteiger partial charge in [0, 0.05) is 24.8 Å². The number of unbranched alkanes of at least 4 members (excludes halogenated alkanes) is 1. The van der Waals surface area contributed by atoms with Crippen LogP contribution >= 0.6 is 15.9 Å². The maximum Gasteiger partial charge on any atom is 0.337 e. The van der Waals surface area contributed by atoms with Gasteiger partial charge in [-0.25, -0.2) is 4.79 Å². The van der Waals surface area contributed by atoms with Gasteiger partial charge in [-0.3, -0.25) is 9.69 Å². The van der Waals surface area contributed by atoms with Crippen molar-refractivity contribution < 1.29 is 23.8 Å². The van der Waals surface area contributed by atoms with Crippen LogP contribution in [-0.4, -0.2) is 55.6 Å². The van der Waals surface area contributed by atoms with Crippen LogP contribution in [0.5, 0.6) is 5.75 Å². The zero-order valence-electron chi connectivity index (χ0n) is 19.6. The Labute approximate surface area is 205 Å². The fourth-order valence-electron chi connectivity index (χ4n) is 3.51. The number of benzene rings is 2. The maximum atomic E-state index is 11.7. The molecule has 0 radical (unpaired) electrons. The van der Waals surface area contributed by atoms with E-state index in [1.165, 1.54) is 12.7 Å². The van der Waals surface area contributed by atoms with Crippen LogP contribution in [0.2, 0.25) is 0 Å². The summed E-state index contributed by atoms with van der Waals surface area (Å²) in [4.78, 5) is 25.7. The normalized spacial score (nSPS) is 10.8. The SMILES string of the molecule is CCOC(=O)CCCCN(CCc1ccccc1OCCBr)Cc1ccc(C(=O)OC)cc1. The van der Waals surface area contributed by atoms with Crippen molar-refractivity contribution in [2.24, 2.45) is 0 Å². The molecule has 0 bridgehead atoms. The Morgan fingerprint density at radius 1 is 1.00 bits per heavy atom. The molecule has 2 aromatic carbocycles. The molecule has 0 aliphatic carbocycles. The summed E-state index contributed by atoms with van der Waals surface area (Å²) >= 11 is 3.41. The third-order valence-electron chi connectivity index (χ3n) is 5.20. The van der Waals surface area contributed by atoms with Gasteiger partial charge in [-0.05, 0) is 62.1 Å². The Balaban J connectivity index is 2.01. The summed E-state index contributed by atoms with van der Waals surface area (Å²) in [7, 11) is 1.38. The average molecular weight is 520 g/mol. The Hall–Kier alpha value is -2.38. The molecule has 0 fully saturated rings. The molecule has 0 spiro atoms. The molecule has 0 aromatic heterocycles. The standard InChI is InChI=1S/C26H34BrNO5/c1-3-32-25(29)10-6-7-17-28(20-21-11-13-23(14-12-21)26(30)31-2)18-15-22-8-4-5-9-24(22)33-19-16-27/h4-5,8-9,11-14H,3,6-7,10,15-20H2,1-2H3. The zero-order chi connectivity index (χ0) is 23.9. The molecule has 0 atom stereocenters. The second-order valence-electron chi connectivity index (χ2n) is 7.62. The Morgan fingerprint density at radius 2 is 1.76 bits per heavy atom. The third-order valence-corrected chi connectivity index (χ3v) is 5.52. The highest BCUT2D eigenvalue weighted by molar-refractivity contribution is 9.09. The van der Waals surface area contributed by atoms with Crippen molar-refractivity contribution in [2.75, 3.05) is 38.7 Å². The van der Waals surface area contributed by atoms with Crippen LogP contribution in [0, 0.1) is 0 Å². The van der Waals surface area contributed by atoms with Crippen LogP contribution in [0.25, 0.3) is 0 Å². The van der Waals surface area contributed by atoms with Crippen molar-refractivity contribution in [2.45, 2.75) is 39.2 Å². The molecule has 0 aliphatic heterocycles. The number of halogens is 1. The minimum Gasteiger partial charge on any atom is -0.492 e. The number of nitrogens with zero attached hydrogens (tertiary/aromatic N) is 1. The monoisotopic (exact) mass is 519 g/mol. The van der Waals surface area contributed by atoms with E-state index in [1.807, 2.05) is 37.3 Å². The Morgan fingerprint density at radius 3 is 2.45 bits per heavy atom. The number of carbonyl (C=O) groups is 2. The van der Waals surface area contributed by atoms with Crippen LogP contribution in [0.3, 0.4) is 0 Å². The molecule has 0 heterocycles. The minimum absolute atomic E-state index is 0.139. The van der Waals surface area contributed by atoms with Gasteiger partial charge in [0.05, 0.1) is 25.9 Å². The molecule has 6 nitrogen and oxygen atoms in total. The number of hydrogen-bond donors (Lipinski definition) is 0. The summed E-state index contributed by atoms with van der Waals surface area (Å²) in [5, 5.41) is 0.787. The Bertz CT molecular complexity index is 856. The average Bonchev–Trinajstić information content (AvgIpc) is 2.84. The number of esters is 2. The number of para-hydroxylation sites is 1. The quantitative estimate of drug-likeness (QED) is 0.187. The van der Waals surface area contributed by atoms with Crippen molar-refractivity contribution in [1.82, 2.24) is 4.90 Å². The first-order valence-corrected chi connectivity index (χ1v) is 12.5. The summed E-state index contributed by atoms with van der Waals surface area (Å²) < 4.78 is 15.7. The van der Waals surface area contributed by atoms with Gasteiger partial charge in [-0.15, -0.1) is 0 Å². The first-order chi connectivity index (χ1) is 16.1. The summed E-state index contributed by atoms with van der Waals surface area (Å²) in [6, 6.07) is 15.7. The molecular formula is C26H34BrNO5. The lowest BCUT2D eigenvalue weighted by atomic mass is 10.1. The lowest BCUT2D eigenvalue weighted by Crippen LogP contribution is -2.27. The van der Waals surface area contributed by atoms with Gasteiger partial charge in [0.15, 0.2) is 0 Å². The Kier molecular flexibility index (Phi) is 12.6. The number of rotatable bonds is 15. The molecule has 0 amide bonds. The van der Waals surface area contributed by atoms with Crippen molar-refractivity contribution in [1.29, 1.82) is 0 Å². The van der Waals surface area contributed by atoms with Crippen molar-refractivity contribution in [3.8, 4) is 5.75 Å². The van der Waals surface area contributed by atoms with E-state index in [9.17, 15) is 9.59 Å². The fraction of sp³-hybridized carbons (Fsp3) is 0.462. The van der Waals surface area contributed by atoms with Gasteiger partial charge in [0.1, 0.15) is 5.75 Å². The molecular weight excluding hydrogens is 486 g/mol. The highest BCUT2D eigenvalue weighted by Gasteiger charge is 2.11. The van der Waals surface area contributed by atoms with Gasteiger partial charge < -0.3 is 14.2 Å². The molecule has 180 valence electrons. The highest BCUT2D eigenvalue weighted by atomic mass is 79.9. The van der Waals surface area contributed by atoms with E-state index in [1.54, 1.807) is 12.1 Å². The topological polar surface area (TPSA) is 65.1 Å². The fourth-order valence-corrected chi connectivity index (χ4v) is 3.67. The highest BCUT2D eigenvalue weighted by Crippen LogP contribution is 2.20. The molecule has 0 aliphatic rings. The van der Waals surface area contributed by atoms with Crippen LogP contribution < -0.4 is 4.74 Å². The van der Waals surface area contributed by atoms with E-state index < -0.39 is 0 Å². The van der Waals surface area contributed by atoms with Crippen LogP contribution in [0.4, 0.5) is 0 Å². The maximum absolute atomic E-state index is 11.7. The second kappa shape index (κ2) is 15.5. The number of methoxy groups -OCH3 is 1. The molecule has 2 aromatic rings. The molecule has 7 heteroatoms. The van der Waals surface area contributed by atoms with Crippen molar-refractivity contribution in [3.05, 3.63) is 65.2 Å². The number of ether oxygens (including phenoxy) is 3. The molecule has 0 N–H and O–H groups in total. The summed E-state index contributed by atoms with van der Waals surface area (Å²) in [5.74, 6) is 0.444. The second-order valence-corrected chi connectivity index (χ2v) is 8.41. The predicted octanol–water partition coefficient (Wildman–Crippen LogP) is 5.03. The lowest BCUT2D eigenvalue weighted by Gasteiger charge is -2.23. The molecule has 2 rings (SSSR count). The van der Waals surface area contributed by atoms with Gasteiger partial charge in [0.25, 0.3) is 0 Å². The summed E-state index contributed by atoms with van der Waals surface area (Å²) in [5.41, 5.74) is 2.84. The van der Waals surface area contributed by atoms with Gasteiger partial charge in [0.2, 0.25) is 0 Å². The number of alkyl halides is 1.